The van der Waals surface area contributed by atoms with Gasteiger partial charge in [-0.25, -0.2) is 0 Å². The fourth-order valence-electron chi connectivity index (χ4n) is 3.25. The van der Waals surface area contributed by atoms with Crippen LogP contribution in [-0.4, -0.2) is 40.2 Å². The smallest absolute Gasteiger partial charge is 0.252 e. The number of nitrogens with zero attached hydrogens (tertiary/aromatic N) is 1. The number of rotatable bonds is 3. The van der Waals surface area contributed by atoms with Gasteiger partial charge in [-0.15, -0.1) is 0 Å². The van der Waals surface area contributed by atoms with Crippen molar-refractivity contribution in [2.24, 2.45) is 0 Å². The molecule has 1 unspecified atom stereocenters. The molecule has 0 radical (unpaired) electrons. The third-order valence-electron chi connectivity index (χ3n) is 4.41. The van der Waals surface area contributed by atoms with Crippen LogP contribution in [0, 0.1) is 0 Å². The Kier molecular flexibility index (Phi) is 7.35. The number of amides is 1. The summed E-state index contributed by atoms with van der Waals surface area (Å²) in [4.78, 5) is 13.7. The first-order valence-electron chi connectivity index (χ1n) is 7.34. The minimum absolute atomic E-state index is 0. The molecule has 130 valence electrons. The van der Waals surface area contributed by atoms with E-state index in [2.05, 4.69) is 0 Å². The van der Waals surface area contributed by atoms with Crippen LogP contribution in [0.25, 0.3) is 0 Å². The van der Waals surface area contributed by atoms with Crippen LogP contribution < -0.4 is 0 Å². The van der Waals surface area contributed by atoms with Gasteiger partial charge in [-0.3, -0.25) is 4.79 Å². The van der Waals surface area contributed by atoms with Crippen LogP contribution in [0.4, 0.5) is 0 Å². The molecule has 4 nitrogen and oxygen atoms in total. The van der Waals surface area contributed by atoms with E-state index in [1.807, 2.05) is 60.7 Å². The van der Waals surface area contributed by atoms with Crippen molar-refractivity contribution in [3.05, 3.63) is 71.8 Å². The van der Waals surface area contributed by atoms with Gasteiger partial charge in [0.1, 0.15) is 12.2 Å². The Labute approximate surface area is 156 Å². The molecule has 4 atom stereocenters. The third-order valence-corrected chi connectivity index (χ3v) is 4.41. The maximum Gasteiger partial charge on any atom is 0.252 e. The van der Waals surface area contributed by atoms with Gasteiger partial charge in [-0.05, 0) is 11.1 Å². The molecular formula is C18H23NO3S2. The number of hydrogen-bond donors (Lipinski definition) is 2. The number of benzene rings is 2. The molecule has 0 saturated carbocycles. The summed E-state index contributed by atoms with van der Waals surface area (Å²) < 4.78 is 0. The lowest BCUT2D eigenvalue weighted by Gasteiger charge is -2.30. The number of aliphatic hydroxyl groups excluding tert-OH is 2. The number of likely N-dealkylation sites (N-methyl/N-ethyl adjacent to an activating group) is 1. The zero-order valence-corrected chi connectivity index (χ0v) is 15.3. The lowest BCUT2D eigenvalue weighted by atomic mass is 9.85. The Bertz CT molecular complexity index is 654. The molecule has 1 aliphatic rings. The lowest BCUT2D eigenvalue weighted by molar-refractivity contribution is -0.135. The molecule has 1 heterocycles. The maximum atomic E-state index is 12.2. The molecular weight excluding hydrogens is 342 g/mol. The highest BCUT2D eigenvalue weighted by Gasteiger charge is 2.49. The van der Waals surface area contributed by atoms with Crippen molar-refractivity contribution in [2.45, 2.75) is 24.2 Å². The molecule has 24 heavy (non-hydrogen) atoms. The predicted molar refractivity (Wildman–Crippen MR) is 104 cm³/mol. The first-order chi connectivity index (χ1) is 10.6. The molecule has 6 heteroatoms. The second kappa shape index (κ2) is 8.58. The van der Waals surface area contributed by atoms with E-state index in [0.717, 1.165) is 11.1 Å². The normalized spacial score (nSPS) is 24.0. The summed E-state index contributed by atoms with van der Waals surface area (Å²) >= 11 is 0. The minimum Gasteiger partial charge on any atom is -0.386 e. The highest BCUT2D eigenvalue weighted by Crippen LogP contribution is 2.40. The maximum absolute atomic E-state index is 12.2. The summed E-state index contributed by atoms with van der Waals surface area (Å²) in [6, 6.07) is 18.1. The van der Waals surface area contributed by atoms with Crippen molar-refractivity contribution in [1.82, 2.24) is 4.90 Å². The van der Waals surface area contributed by atoms with E-state index in [4.69, 9.17) is 0 Å². The van der Waals surface area contributed by atoms with Crippen LogP contribution in [0.5, 0.6) is 0 Å². The van der Waals surface area contributed by atoms with E-state index in [0.29, 0.717) is 0 Å². The molecule has 1 amide bonds. The largest absolute Gasteiger partial charge is 0.386 e. The SMILES string of the molecule is CN1C(=O)[C@H](O)C(c2ccccc2)[C@H]1[C@H](O)c1ccccc1.S.S. The van der Waals surface area contributed by atoms with Gasteiger partial charge in [-0.2, -0.15) is 27.0 Å². The summed E-state index contributed by atoms with van der Waals surface area (Å²) in [6.45, 7) is 0. The average molecular weight is 366 g/mol. The van der Waals surface area contributed by atoms with Crippen LogP contribution in [0.1, 0.15) is 23.1 Å². The monoisotopic (exact) mass is 365 g/mol. The summed E-state index contributed by atoms with van der Waals surface area (Å²) in [7, 11) is 1.63. The first kappa shape index (κ1) is 20.6. The molecule has 2 aromatic rings. The molecule has 1 fully saturated rings. The van der Waals surface area contributed by atoms with Crippen molar-refractivity contribution >= 4 is 32.9 Å². The summed E-state index contributed by atoms with van der Waals surface area (Å²) in [5.41, 5.74) is 1.59. The number of carbonyl (C=O) groups is 1. The van der Waals surface area contributed by atoms with Crippen LogP contribution in [0.3, 0.4) is 0 Å². The highest BCUT2D eigenvalue weighted by atomic mass is 32.1. The van der Waals surface area contributed by atoms with E-state index in [-0.39, 0.29) is 32.9 Å². The zero-order chi connectivity index (χ0) is 15.7. The molecule has 0 aliphatic carbocycles. The number of likely N-dealkylation sites (tertiary alicyclic amines) is 1. The molecule has 2 aromatic carbocycles. The Morgan fingerprint density at radius 3 is 2.00 bits per heavy atom. The zero-order valence-electron chi connectivity index (χ0n) is 13.3. The fraction of sp³-hybridized carbons (Fsp3) is 0.278. The summed E-state index contributed by atoms with van der Waals surface area (Å²) in [6.07, 6.45) is -1.98. The summed E-state index contributed by atoms with van der Waals surface area (Å²) in [5.74, 6) is -0.803. The Morgan fingerprint density at radius 1 is 0.958 bits per heavy atom. The molecule has 2 N–H and O–H groups in total. The van der Waals surface area contributed by atoms with E-state index < -0.39 is 24.2 Å². The van der Waals surface area contributed by atoms with Crippen molar-refractivity contribution in [1.29, 1.82) is 0 Å². The Balaban J connectivity index is 0.00000144. The second-order valence-electron chi connectivity index (χ2n) is 5.68. The predicted octanol–water partition coefficient (Wildman–Crippen LogP) is 1.93. The van der Waals surface area contributed by atoms with Gasteiger partial charge < -0.3 is 15.1 Å². The minimum atomic E-state index is -1.13. The van der Waals surface area contributed by atoms with Crippen molar-refractivity contribution < 1.29 is 15.0 Å². The number of hydrogen-bond acceptors (Lipinski definition) is 3. The number of carbonyl (C=O) groups excluding carboxylic acids is 1. The van der Waals surface area contributed by atoms with E-state index in [1.54, 1.807) is 7.05 Å². The topological polar surface area (TPSA) is 60.8 Å². The van der Waals surface area contributed by atoms with Crippen molar-refractivity contribution in [3.8, 4) is 0 Å². The van der Waals surface area contributed by atoms with Crippen LogP contribution in [0.15, 0.2) is 60.7 Å². The second-order valence-corrected chi connectivity index (χ2v) is 5.68. The van der Waals surface area contributed by atoms with Crippen LogP contribution >= 0.6 is 27.0 Å². The molecule has 0 spiro atoms. The molecule has 3 rings (SSSR count). The highest BCUT2D eigenvalue weighted by molar-refractivity contribution is 7.59. The van der Waals surface area contributed by atoms with E-state index >= 15 is 0 Å². The van der Waals surface area contributed by atoms with Crippen molar-refractivity contribution in [3.63, 3.8) is 0 Å². The van der Waals surface area contributed by atoms with Gasteiger partial charge in [-0.1, -0.05) is 60.7 Å². The quantitative estimate of drug-likeness (QED) is 0.874. The van der Waals surface area contributed by atoms with Gasteiger partial charge >= 0.3 is 0 Å². The third kappa shape index (κ3) is 3.62. The van der Waals surface area contributed by atoms with E-state index in [1.165, 1.54) is 4.90 Å². The van der Waals surface area contributed by atoms with Gasteiger partial charge in [0.05, 0.1) is 6.04 Å². The van der Waals surface area contributed by atoms with Crippen LogP contribution in [0.2, 0.25) is 0 Å². The van der Waals surface area contributed by atoms with Gasteiger partial charge in [0, 0.05) is 13.0 Å². The van der Waals surface area contributed by atoms with Gasteiger partial charge in [0.25, 0.3) is 5.91 Å². The summed E-state index contributed by atoms with van der Waals surface area (Å²) in [5, 5.41) is 21.1. The standard InChI is InChI=1S/C18H19NO3.2H2S/c1-19-15(16(20)13-10-6-3-7-11-13)14(17(21)18(19)22)12-8-4-2-5-9-12;;/h2-11,14-17,20-21H,1H3;2*1H2/t14?,15-,16+,17+;;/m0../s1. The van der Waals surface area contributed by atoms with Crippen LogP contribution in [-0.2, 0) is 4.79 Å². The Morgan fingerprint density at radius 2 is 1.46 bits per heavy atom. The number of aliphatic hydroxyl groups is 2. The Hall–Kier alpha value is -1.47. The molecule has 1 saturated heterocycles. The first-order valence-corrected chi connectivity index (χ1v) is 7.34. The molecule has 0 bridgehead atoms. The molecule has 1 aliphatic heterocycles. The average Bonchev–Trinajstić information content (AvgIpc) is 2.80. The van der Waals surface area contributed by atoms with E-state index in [9.17, 15) is 15.0 Å². The molecule has 0 aromatic heterocycles. The van der Waals surface area contributed by atoms with Crippen molar-refractivity contribution in [2.75, 3.05) is 7.05 Å². The van der Waals surface area contributed by atoms with Gasteiger partial charge in [0.2, 0.25) is 0 Å². The fourth-order valence-corrected chi connectivity index (χ4v) is 3.25. The van der Waals surface area contributed by atoms with Gasteiger partial charge in [0.15, 0.2) is 0 Å². The lowest BCUT2D eigenvalue weighted by Crippen LogP contribution is -2.36.